The van der Waals surface area contributed by atoms with Gasteiger partial charge in [-0.3, -0.25) is 5.10 Å². The lowest BCUT2D eigenvalue weighted by atomic mass is 9.47. The molecule has 0 aliphatic heterocycles. The van der Waals surface area contributed by atoms with Crippen LogP contribution in [0.15, 0.2) is 42.1 Å². The van der Waals surface area contributed by atoms with Crippen molar-refractivity contribution in [3.8, 4) is 0 Å². The van der Waals surface area contributed by atoms with E-state index in [1.807, 2.05) is 6.20 Å². The van der Waals surface area contributed by atoms with E-state index in [0.29, 0.717) is 16.9 Å². The fourth-order valence-corrected chi connectivity index (χ4v) is 8.35. The molecule has 2 fully saturated rings. The van der Waals surface area contributed by atoms with E-state index in [0.717, 1.165) is 29.7 Å². The van der Waals surface area contributed by atoms with Gasteiger partial charge in [0, 0.05) is 5.39 Å². The van der Waals surface area contributed by atoms with Gasteiger partial charge in [0.25, 0.3) is 0 Å². The zero-order valence-electron chi connectivity index (χ0n) is 21.1. The molecule has 4 aliphatic rings. The number of allylic oxidation sites excluding steroid dienone is 3. The summed E-state index contributed by atoms with van der Waals surface area (Å²) < 4.78 is 6.43. The summed E-state index contributed by atoms with van der Waals surface area (Å²) in [6.45, 7) is 11.8. The second-order valence-electron chi connectivity index (χ2n) is 12.8. The molecule has 6 atom stereocenters. The van der Waals surface area contributed by atoms with Crippen molar-refractivity contribution in [2.45, 2.75) is 91.3 Å². The molecule has 0 unspecified atom stereocenters. The largest absolute Gasteiger partial charge is 0.372 e. The average Bonchev–Trinajstić information content (AvgIpc) is 3.36. The molecule has 0 spiro atoms. The van der Waals surface area contributed by atoms with Crippen molar-refractivity contribution in [2.75, 3.05) is 0 Å². The summed E-state index contributed by atoms with van der Waals surface area (Å²) in [5, 5.41) is 8.56. The lowest BCUT2D eigenvalue weighted by Crippen LogP contribution is -2.50. The van der Waals surface area contributed by atoms with Crippen LogP contribution in [0.4, 0.5) is 0 Å². The number of fused-ring (bicyclic) bond motifs is 6. The topological polar surface area (TPSA) is 37.9 Å². The van der Waals surface area contributed by atoms with Gasteiger partial charge in [-0.2, -0.15) is 5.10 Å². The van der Waals surface area contributed by atoms with Crippen molar-refractivity contribution in [1.82, 2.24) is 10.2 Å². The maximum Gasteiger partial charge on any atom is 0.0650 e. The van der Waals surface area contributed by atoms with Crippen LogP contribution in [-0.2, 0) is 4.74 Å². The van der Waals surface area contributed by atoms with Crippen LogP contribution in [0.5, 0.6) is 0 Å². The summed E-state index contributed by atoms with van der Waals surface area (Å²) in [5.41, 5.74) is 6.47. The Kier molecular flexibility index (Phi) is 4.80. The number of H-pyrrole nitrogens is 1. The first kappa shape index (κ1) is 21.6. The highest BCUT2D eigenvalue weighted by atomic mass is 16.5. The van der Waals surface area contributed by atoms with Gasteiger partial charge in [-0.25, -0.2) is 0 Å². The Morgan fingerprint density at radius 2 is 1.82 bits per heavy atom. The Hall–Kier alpha value is -1.87. The number of nitrogens with one attached hydrogen (secondary N) is 1. The zero-order chi connectivity index (χ0) is 23.0. The van der Waals surface area contributed by atoms with Crippen molar-refractivity contribution in [3.05, 3.63) is 47.7 Å². The molecule has 2 saturated carbocycles. The van der Waals surface area contributed by atoms with Crippen molar-refractivity contribution in [2.24, 2.45) is 28.6 Å². The number of aromatic amines is 1. The fraction of sp³-hybridized carbons (Fsp3) is 0.633. The number of ether oxygens (including phenoxy) is 1. The molecule has 0 saturated heterocycles. The molecule has 3 heteroatoms. The highest BCUT2D eigenvalue weighted by Gasteiger charge is 2.57. The minimum atomic E-state index is -0.0474. The number of benzene rings is 1. The van der Waals surface area contributed by atoms with Gasteiger partial charge >= 0.3 is 0 Å². The molecule has 0 amide bonds. The summed E-state index contributed by atoms with van der Waals surface area (Å²) in [4.78, 5) is 0. The third-order valence-electron chi connectivity index (χ3n) is 9.91. The number of hydrogen-bond donors (Lipinski definition) is 1. The Labute approximate surface area is 199 Å². The zero-order valence-corrected chi connectivity index (χ0v) is 21.1. The average molecular weight is 445 g/mol. The number of nitrogens with zero attached hydrogens (tertiary/aromatic N) is 1. The highest BCUT2D eigenvalue weighted by molar-refractivity contribution is 5.84. The van der Waals surface area contributed by atoms with Crippen LogP contribution in [0.2, 0.25) is 0 Å². The monoisotopic (exact) mass is 444 g/mol. The molecule has 1 aromatic heterocycles. The number of hydrogen-bond acceptors (Lipinski definition) is 2. The van der Waals surface area contributed by atoms with Gasteiger partial charge in [-0.15, -0.1) is 0 Å². The van der Waals surface area contributed by atoms with Gasteiger partial charge in [0.05, 0.1) is 23.4 Å². The lowest BCUT2D eigenvalue weighted by molar-refractivity contribution is -0.0894. The Balaban J connectivity index is 1.26. The summed E-state index contributed by atoms with van der Waals surface area (Å²) in [6, 6.07) is 6.86. The van der Waals surface area contributed by atoms with Crippen LogP contribution in [0.3, 0.4) is 0 Å². The quantitative estimate of drug-likeness (QED) is 0.482. The van der Waals surface area contributed by atoms with Gasteiger partial charge in [-0.05, 0) is 118 Å². The van der Waals surface area contributed by atoms with Crippen LogP contribution in [-0.4, -0.2) is 21.9 Å². The van der Waals surface area contributed by atoms with E-state index in [-0.39, 0.29) is 5.60 Å². The van der Waals surface area contributed by atoms with E-state index in [2.05, 4.69) is 75.2 Å². The first-order valence-electron chi connectivity index (χ1n) is 13.2. The van der Waals surface area contributed by atoms with E-state index >= 15 is 0 Å². The fourth-order valence-electron chi connectivity index (χ4n) is 8.35. The molecule has 1 N–H and O–H groups in total. The highest BCUT2D eigenvalue weighted by Crippen LogP contribution is 2.66. The smallest absolute Gasteiger partial charge is 0.0650 e. The normalized spacial score (nSPS) is 38.3. The molecule has 4 aliphatic carbocycles. The third-order valence-corrected chi connectivity index (χ3v) is 9.91. The molecule has 0 radical (unpaired) electrons. The lowest BCUT2D eigenvalue weighted by Gasteiger charge is -2.58. The third kappa shape index (κ3) is 3.37. The minimum Gasteiger partial charge on any atom is -0.372 e. The van der Waals surface area contributed by atoms with E-state index < -0.39 is 0 Å². The van der Waals surface area contributed by atoms with Gasteiger partial charge in [0.2, 0.25) is 0 Å². The maximum atomic E-state index is 6.43. The maximum absolute atomic E-state index is 6.43. The van der Waals surface area contributed by atoms with Gasteiger partial charge < -0.3 is 4.74 Å². The first-order valence-corrected chi connectivity index (χ1v) is 13.2. The van der Waals surface area contributed by atoms with E-state index in [4.69, 9.17) is 4.74 Å². The molecule has 6 rings (SSSR count). The van der Waals surface area contributed by atoms with Crippen molar-refractivity contribution in [3.63, 3.8) is 0 Å². The van der Waals surface area contributed by atoms with Crippen LogP contribution in [0.1, 0.15) is 85.1 Å². The molecular formula is C30H40N2O. The van der Waals surface area contributed by atoms with Crippen LogP contribution in [0, 0.1) is 28.6 Å². The number of rotatable bonds is 2. The minimum absolute atomic E-state index is 0.0474. The predicted octanol–water partition coefficient (Wildman–Crippen LogP) is 7.70. The molecular weight excluding hydrogens is 404 g/mol. The molecule has 1 aromatic carbocycles. The SMILES string of the molecule is CC(C)(C)O[C@H]1CC[C@@]2(C)C(=CC[C@@H]3[C@@H]2CC[C@]2(C)C(c4ccc5[nH]ncc5c4)=CC[C@@H]32)C1. The van der Waals surface area contributed by atoms with Crippen molar-refractivity contribution < 1.29 is 4.74 Å². The van der Waals surface area contributed by atoms with E-state index in [1.165, 1.54) is 49.5 Å². The van der Waals surface area contributed by atoms with Crippen LogP contribution < -0.4 is 0 Å². The molecule has 3 nitrogen and oxygen atoms in total. The molecule has 1 heterocycles. The van der Waals surface area contributed by atoms with Gasteiger partial charge in [0.15, 0.2) is 0 Å². The Morgan fingerprint density at radius 3 is 2.64 bits per heavy atom. The van der Waals surface area contributed by atoms with E-state index in [9.17, 15) is 0 Å². The van der Waals surface area contributed by atoms with Crippen LogP contribution >= 0.6 is 0 Å². The molecule has 176 valence electrons. The van der Waals surface area contributed by atoms with Gasteiger partial charge in [-0.1, -0.05) is 37.6 Å². The standard InChI is InChI=1S/C30H40N2O/c1-28(2,3)33-22-12-14-29(4)21(17-22)7-8-23-25-10-9-24(30(25,5)15-13-26(23)29)19-6-11-27-20(16-19)18-31-32-27/h6-7,9,11,16,18,22-23,25-26H,8,10,12-15,17H2,1-5H3,(H,31,32)/t22-,23-,25-,26-,29-,30+/m0/s1. The Morgan fingerprint density at radius 1 is 1.00 bits per heavy atom. The first-order chi connectivity index (χ1) is 15.7. The van der Waals surface area contributed by atoms with Crippen LogP contribution in [0.25, 0.3) is 16.5 Å². The summed E-state index contributed by atoms with van der Waals surface area (Å²) in [6.07, 6.45) is 16.4. The molecule has 33 heavy (non-hydrogen) atoms. The number of aromatic nitrogens is 2. The second kappa shape index (κ2) is 7.31. The summed E-state index contributed by atoms with van der Waals surface area (Å²) >= 11 is 0. The Bertz CT molecular complexity index is 1130. The predicted molar refractivity (Wildman–Crippen MR) is 136 cm³/mol. The molecule has 0 bridgehead atoms. The van der Waals surface area contributed by atoms with E-state index in [1.54, 1.807) is 11.1 Å². The summed E-state index contributed by atoms with van der Waals surface area (Å²) in [5.74, 6) is 2.41. The molecule has 2 aromatic rings. The van der Waals surface area contributed by atoms with Crippen molar-refractivity contribution >= 4 is 16.5 Å². The van der Waals surface area contributed by atoms with Crippen molar-refractivity contribution in [1.29, 1.82) is 0 Å². The summed E-state index contributed by atoms with van der Waals surface area (Å²) in [7, 11) is 0. The second-order valence-corrected chi connectivity index (χ2v) is 12.8. The van der Waals surface area contributed by atoms with Gasteiger partial charge in [0.1, 0.15) is 0 Å².